The highest BCUT2D eigenvalue weighted by Gasteiger charge is 2.67. The zero-order valence-electron chi connectivity index (χ0n) is 11.4. The maximum atomic E-state index is 2.62. The van der Waals surface area contributed by atoms with Crippen LogP contribution < -0.4 is 0 Å². The van der Waals surface area contributed by atoms with Crippen LogP contribution in [0.4, 0.5) is 0 Å². The predicted octanol–water partition coefficient (Wildman–Crippen LogP) is 3.60. The van der Waals surface area contributed by atoms with Gasteiger partial charge in [-0.2, -0.15) is 0 Å². The average Bonchev–Trinajstić information content (AvgIpc) is 2.95. The second kappa shape index (κ2) is 3.60. The Kier molecular flexibility index (Phi) is 2.21. The molecule has 3 fully saturated rings. The molecule has 2 heterocycles. The van der Waals surface area contributed by atoms with E-state index in [-0.39, 0.29) is 0 Å². The molecule has 0 N–H and O–H groups in total. The Morgan fingerprint density at radius 3 is 2.22 bits per heavy atom. The fourth-order valence-corrected chi connectivity index (χ4v) is 5.63. The first kappa shape index (κ1) is 11.0. The normalized spacial score (nSPS) is 45.4. The van der Waals surface area contributed by atoms with Gasteiger partial charge >= 0.3 is 0 Å². The van der Waals surface area contributed by atoms with E-state index in [4.69, 9.17) is 0 Å². The Balaban J connectivity index is 1.71. The van der Waals surface area contributed by atoms with Crippen LogP contribution in [0.2, 0.25) is 0 Å². The van der Waals surface area contributed by atoms with Gasteiger partial charge in [-0.15, -0.1) is 0 Å². The lowest BCUT2D eigenvalue weighted by molar-refractivity contribution is -0.965. The molecule has 0 spiro atoms. The van der Waals surface area contributed by atoms with Crippen molar-refractivity contribution in [2.75, 3.05) is 13.1 Å². The molecule has 1 aromatic rings. The largest absolute Gasteiger partial charge is 0.315 e. The van der Waals surface area contributed by atoms with Crippen molar-refractivity contribution in [3.05, 3.63) is 35.9 Å². The van der Waals surface area contributed by atoms with Crippen molar-refractivity contribution in [2.45, 2.75) is 44.7 Å². The van der Waals surface area contributed by atoms with E-state index in [1.807, 2.05) is 0 Å². The van der Waals surface area contributed by atoms with E-state index in [0.29, 0.717) is 5.54 Å². The molecule has 1 aliphatic carbocycles. The molecule has 2 unspecified atom stereocenters. The van der Waals surface area contributed by atoms with Crippen LogP contribution in [-0.2, 0) is 6.54 Å². The third-order valence-electron chi connectivity index (χ3n) is 6.68. The zero-order valence-corrected chi connectivity index (χ0v) is 11.4. The van der Waals surface area contributed by atoms with Gasteiger partial charge in [-0.05, 0) is 19.8 Å². The summed E-state index contributed by atoms with van der Waals surface area (Å²) in [6.45, 7) is 6.78. The molecule has 96 valence electrons. The van der Waals surface area contributed by atoms with E-state index in [0.717, 1.165) is 11.8 Å². The number of quaternary nitrogens is 1. The predicted molar refractivity (Wildman–Crippen MR) is 74.0 cm³/mol. The third kappa shape index (κ3) is 1.21. The van der Waals surface area contributed by atoms with Gasteiger partial charge in [0, 0.05) is 30.2 Å². The summed E-state index contributed by atoms with van der Waals surface area (Å²) < 4.78 is 1.41. The molecule has 0 amide bonds. The minimum atomic E-state index is 0.621. The minimum Gasteiger partial charge on any atom is -0.315 e. The van der Waals surface area contributed by atoms with E-state index < -0.39 is 0 Å². The van der Waals surface area contributed by atoms with E-state index in [1.165, 1.54) is 49.8 Å². The van der Waals surface area contributed by atoms with Crippen molar-refractivity contribution >= 4 is 0 Å². The highest BCUT2D eigenvalue weighted by atomic mass is 15.5. The molecule has 1 saturated carbocycles. The highest BCUT2D eigenvalue weighted by Crippen LogP contribution is 2.60. The summed E-state index contributed by atoms with van der Waals surface area (Å²) in [6, 6.07) is 11.2. The lowest BCUT2D eigenvalue weighted by Gasteiger charge is -2.44. The Morgan fingerprint density at radius 1 is 1.00 bits per heavy atom. The second-order valence-electron chi connectivity index (χ2n) is 7.01. The Morgan fingerprint density at radius 2 is 1.61 bits per heavy atom. The first-order valence-corrected chi connectivity index (χ1v) is 7.65. The molecule has 2 saturated heterocycles. The van der Waals surface area contributed by atoms with Gasteiger partial charge in [0.2, 0.25) is 0 Å². The number of nitrogens with zero attached hydrogens (tertiary/aromatic N) is 1. The van der Waals surface area contributed by atoms with E-state index in [9.17, 15) is 0 Å². The van der Waals surface area contributed by atoms with E-state index in [2.05, 4.69) is 37.3 Å². The summed E-state index contributed by atoms with van der Waals surface area (Å²) >= 11 is 0. The van der Waals surface area contributed by atoms with Gasteiger partial charge < -0.3 is 4.48 Å². The molecule has 1 nitrogen and oxygen atoms in total. The Hall–Kier alpha value is -0.820. The van der Waals surface area contributed by atoms with Crippen molar-refractivity contribution in [2.24, 2.45) is 11.8 Å². The Bertz CT molecular complexity index is 434. The summed E-state index contributed by atoms with van der Waals surface area (Å²) in [7, 11) is 0. The quantitative estimate of drug-likeness (QED) is 0.695. The van der Waals surface area contributed by atoms with Crippen LogP contribution in [0.25, 0.3) is 0 Å². The minimum absolute atomic E-state index is 0.621. The molecule has 1 heteroatoms. The van der Waals surface area contributed by atoms with Gasteiger partial charge in [0.05, 0.1) is 13.1 Å². The third-order valence-corrected chi connectivity index (χ3v) is 6.68. The van der Waals surface area contributed by atoms with Crippen molar-refractivity contribution in [1.82, 2.24) is 0 Å². The smallest absolute Gasteiger partial charge is 0.105 e. The lowest BCUT2D eigenvalue weighted by Crippen LogP contribution is -2.57. The fourth-order valence-electron chi connectivity index (χ4n) is 5.63. The summed E-state index contributed by atoms with van der Waals surface area (Å²) in [5, 5.41) is 0. The summed E-state index contributed by atoms with van der Waals surface area (Å²) in [5.74, 6) is 2.04. The molecule has 0 aromatic heterocycles. The summed E-state index contributed by atoms with van der Waals surface area (Å²) in [6.07, 6.45) is 5.99. The number of hydrogen-bond acceptors (Lipinski definition) is 0. The first-order valence-electron chi connectivity index (χ1n) is 7.65. The van der Waals surface area contributed by atoms with Gasteiger partial charge in [-0.1, -0.05) is 30.3 Å². The molecule has 18 heavy (non-hydrogen) atoms. The van der Waals surface area contributed by atoms with Gasteiger partial charge in [-0.25, -0.2) is 0 Å². The molecule has 3 aliphatic rings. The summed E-state index contributed by atoms with van der Waals surface area (Å²) in [5.41, 5.74) is 2.17. The zero-order chi connectivity index (χ0) is 12.2. The van der Waals surface area contributed by atoms with Crippen LogP contribution in [0.5, 0.6) is 0 Å². The Labute approximate surface area is 110 Å². The second-order valence-corrected chi connectivity index (χ2v) is 7.01. The van der Waals surface area contributed by atoms with Crippen molar-refractivity contribution in [3.63, 3.8) is 0 Å². The van der Waals surface area contributed by atoms with E-state index >= 15 is 0 Å². The molecule has 0 bridgehead atoms. The maximum absolute atomic E-state index is 2.62. The molecule has 0 radical (unpaired) electrons. The van der Waals surface area contributed by atoms with Gasteiger partial charge in [0.1, 0.15) is 12.1 Å². The number of rotatable bonds is 2. The molecular formula is C17H24N+. The maximum Gasteiger partial charge on any atom is 0.105 e. The number of benzene rings is 1. The fraction of sp³-hybridized carbons (Fsp3) is 0.647. The monoisotopic (exact) mass is 242 g/mol. The van der Waals surface area contributed by atoms with Crippen LogP contribution >= 0.6 is 0 Å². The lowest BCUT2D eigenvalue weighted by atomic mass is 9.84. The molecule has 4 rings (SSSR count). The molecule has 4 atom stereocenters. The van der Waals surface area contributed by atoms with Crippen molar-refractivity contribution < 1.29 is 4.48 Å². The molecule has 1 aromatic carbocycles. The SMILES string of the molecule is CC12[C@@H]3CC[C@H]1CC[N+]2(Cc1ccccc1)CC3. The van der Waals surface area contributed by atoms with Crippen LogP contribution in [-0.4, -0.2) is 23.1 Å². The van der Waals surface area contributed by atoms with Gasteiger partial charge in [-0.3, -0.25) is 0 Å². The van der Waals surface area contributed by atoms with Crippen molar-refractivity contribution in [3.8, 4) is 0 Å². The van der Waals surface area contributed by atoms with Gasteiger partial charge in [0.15, 0.2) is 0 Å². The van der Waals surface area contributed by atoms with Crippen LogP contribution in [0.15, 0.2) is 30.3 Å². The van der Waals surface area contributed by atoms with E-state index in [1.54, 1.807) is 5.56 Å². The first-order chi connectivity index (χ1) is 8.75. The van der Waals surface area contributed by atoms with Crippen molar-refractivity contribution in [1.29, 1.82) is 0 Å². The topological polar surface area (TPSA) is 0 Å². The van der Waals surface area contributed by atoms with Crippen LogP contribution in [0.1, 0.15) is 38.2 Å². The molecule has 2 aliphatic heterocycles. The van der Waals surface area contributed by atoms with Crippen LogP contribution in [0.3, 0.4) is 0 Å². The van der Waals surface area contributed by atoms with Crippen LogP contribution in [0, 0.1) is 11.8 Å². The average molecular weight is 242 g/mol. The molecular weight excluding hydrogens is 218 g/mol. The number of hydrogen-bond donors (Lipinski definition) is 0. The standard InChI is InChI=1S/C17H24N/c1-17-15-7-8-16(17)10-12-18(17,11-9-15)13-14-5-3-2-4-6-14/h2-6,15-16H,7-13H2,1H3/q+1/t15-,16+,17?,18?. The van der Waals surface area contributed by atoms with Gasteiger partial charge in [0.25, 0.3) is 0 Å². The summed E-state index contributed by atoms with van der Waals surface area (Å²) in [4.78, 5) is 0. The highest BCUT2D eigenvalue weighted by molar-refractivity contribution is 5.15.